The standard InChI is InChI=1S/C22H21BrN2O4/c1-20(2)16-18(26)25-14(19(27)28-3)10-12-11-6-4-5-7-13(11)24-15(12)17(25)21(16)8-9-22(20,23)29-21/h4-9,14,16-17,24H,10H2,1-3H3. The molecule has 5 heterocycles. The van der Waals surface area contributed by atoms with Gasteiger partial charge in [0, 0.05) is 28.4 Å². The highest BCUT2D eigenvalue weighted by Crippen LogP contribution is 2.71. The molecule has 1 N–H and O–H groups in total. The second-order valence-corrected chi connectivity index (χ2v) is 10.2. The fourth-order valence-corrected chi connectivity index (χ4v) is 6.76. The van der Waals surface area contributed by atoms with E-state index in [1.807, 2.05) is 44.2 Å². The smallest absolute Gasteiger partial charge is 0.328 e. The molecule has 1 amide bonds. The number of halogens is 1. The van der Waals surface area contributed by atoms with Crippen LogP contribution in [0.3, 0.4) is 0 Å². The van der Waals surface area contributed by atoms with Crippen molar-refractivity contribution >= 4 is 38.7 Å². The number of esters is 1. The van der Waals surface area contributed by atoms with Crippen molar-refractivity contribution in [3.8, 4) is 0 Å². The van der Waals surface area contributed by atoms with Crippen LogP contribution in [0.1, 0.15) is 31.1 Å². The molecule has 0 aliphatic carbocycles. The van der Waals surface area contributed by atoms with E-state index in [-0.39, 0.29) is 11.9 Å². The number of aromatic nitrogens is 1. The summed E-state index contributed by atoms with van der Waals surface area (Å²) < 4.78 is 11.0. The van der Waals surface area contributed by atoms with Crippen LogP contribution in [0, 0.1) is 11.3 Å². The molecule has 4 aliphatic heterocycles. The average Bonchev–Trinajstić information content (AvgIpc) is 3.36. The Morgan fingerprint density at radius 2 is 2.07 bits per heavy atom. The minimum absolute atomic E-state index is 0.0506. The fraction of sp³-hybridized carbons (Fsp3) is 0.455. The molecule has 150 valence electrons. The number of hydrogen-bond acceptors (Lipinski definition) is 4. The molecule has 7 heteroatoms. The van der Waals surface area contributed by atoms with Gasteiger partial charge in [-0.05, 0) is 39.7 Å². The third-order valence-corrected chi connectivity index (χ3v) is 8.92. The van der Waals surface area contributed by atoms with Crippen LogP contribution in [0.2, 0.25) is 0 Å². The van der Waals surface area contributed by atoms with Crippen LogP contribution in [-0.2, 0) is 25.5 Å². The van der Waals surface area contributed by atoms with Crippen molar-refractivity contribution in [3.63, 3.8) is 0 Å². The van der Waals surface area contributed by atoms with E-state index in [9.17, 15) is 9.59 Å². The molecule has 4 aliphatic rings. The Balaban J connectivity index is 1.65. The van der Waals surface area contributed by atoms with Gasteiger partial charge >= 0.3 is 5.97 Å². The molecular formula is C22H21BrN2O4. The number of H-pyrrole nitrogens is 1. The number of nitrogens with zero attached hydrogens (tertiary/aromatic N) is 1. The molecule has 6 nitrogen and oxygen atoms in total. The number of benzene rings is 1. The number of hydrogen-bond donors (Lipinski definition) is 1. The second kappa shape index (κ2) is 5.13. The van der Waals surface area contributed by atoms with Crippen molar-refractivity contribution in [1.29, 1.82) is 0 Å². The number of alkyl halides is 1. The first-order valence-electron chi connectivity index (χ1n) is 9.84. The third kappa shape index (κ3) is 1.79. The molecular weight excluding hydrogens is 436 g/mol. The molecule has 5 unspecified atom stereocenters. The lowest BCUT2D eigenvalue weighted by atomic mass is 9.66. The molecule has 2 fully saturated rings. The predicted octanol–water partition coefficient (Wildman–Crippen LogP) is 3.22. The lowest BCUT2D eigenvalue weighted by molar-refractivity contribution is -0.156. The Morgan fingerprint density at radius 1 is 1.31 bits per heavy atom. The van der Waals surface area contributed by atoms with Crippen molar-refractivity contribution in [2.24, 2.45) is 11.3 Å². The highest BCUT2D eigenvalue weighted by Gasteiger charge is 2.79. The molecule has 2 bridgehead atoms. The van der Waals surface area contributed by atoms with Crippen LogP contribution in [0.5, 0.6) is 0 Å². The lowest BCUT2D eigenvalue weighted by Gasteiger charge is -2.40. The van der Waals surface area contributed by atoms with Gasteiger partial charge in [0.05, 0.1) is 13.0 Å². The topological polar surface area (TPSA) is 71.6 Å². The molecule has 6 rings (SSSR count). The van der Waals surface area contributed by atoms with Gasteiger partial charge in [-0.3, -0.25) is 4.79 Å². The summed E-state index contributed by atoms with van der Waals surface area (Å²) in [6.45, 7) is 4.10. The number of nitrogens with one attached hydrogen (secondary N) is 1. The Bertz CT molecular complexity index is 1140. The summed E-state index contributed by atoms with van der Waals surface area (Å²) in [7, 11) is 1.38. The highest BCUT2D eigenvalue weighted by atomic mass is 79.9. The number of amides is 1. The summed E-state index contributed by atoms with van der Waals surface area (Å²) >= 11 is 3.75. The van der Waals surface area contributed by atoms with Crippen molar-refractivity contribution < 1.29 is 19.1 Å². The van der Waals surface area contributed by atoms with Gasteiger partial charge in [-0.15, -0.1) is 0 Å². The van der Waals surface area contributed by atoms with E-state index in [0.29, 0.717) is 6.42 Å². The maximum Gasteiger partial charge on any atom is 0.328 e. The number of rotatable bonds is 1. The van der Waals surface area contributed by atoms with Gasteiger partial charge in [0.25, 0.3) is 0 Å². The van der Waals surface area contributed by atoms with E-state index < -0.39 is 33.5 Å². The molecule has 1 aromatic carbocycles. The first-order chi connectivity index (χ1) is 13.7. The van der Waals surface area contributed by atoms with E-state index >= 15 is 0 Å². The maximum absolute atomic E-state index is 13.8. The third-order valence-electron chi connectivity index (χ3n) is 7.47. The van der Waals surface area contributed by atoms with Gasteiger partial charge in [-0.25, -0.2) is 4.79 Å². The summed E-state index contributed by atoms with van der Waals surface area (Å²) in [6, 6.07) is 6.98. The number of aromatic amines is 1. The van der Waals surface area contributed by atoms with Crippen molar-refractivity contribution in [1.82, 2.24) is 9.88 Å². The number of para-hydroxylation sites is 1. The van der Waals surface area contributed by atoms with Crippen LogP contribution in [0.15, 0.2) is 36.4 Å². The average molecular weight is 457 g/mol. The lowest BCUT2D eigenvalue weighted by Crippen LogP contribution is -2.52. The predicted molar refractivity (Wildman–Crippen MR) is 109 cm³/mol. The van der Waals surface area contributed by atoms with Crippen LogP contribution in [0.4, 0.5) is 0 Å². The first kappa shape index (κ1) is 17.7. The van der Waals surface area contributed by atoms with Gasteiger partial charge in [0.1, 0.15) is 22.2 Å². The largest absolute Gasteiger partial charge is 0.467 e. The zero-order valence-electron chi connectivity index (χ0n) is 16.4. The van der Waals surface area contributed by atoms with E-state index in [2.05, 4.69) is 27.0 Å². The Labute approximate surface area is 176 Å². The summed E-state index contributed by atoms with van der Waals surface area (Å²) in [6.07, 6.45) is 4.47. The zero-order valence-corrected chi connectivity index (χ0v) is 17.9. The monoisotopic (exact) mass is 456 g/mol. The molecule has 1 aromatic heterocycles. The van der Waals surface area contributed by atoms with Crippen molar-refractivity contribution in [2.45, 2.75) is 42.5 Å². The van der Waals surface area contributed by atoms with Gasteiger partial charge in [-0.1, -0.05) is 32.0 Å². The number of carbonyl (C=O) groups is 2. The first-order valence-corrected chi connectivity index (χ1v) is 10.6. The maximum atomic E-state index is 13.8. The molecule has 0 radical (unpaired) electrons. The van der Waals surface area contributed by atoms with Crippen LogP contribution in [-0.4, -0.2) is 45.0 Å². The molecule has 5 atom stereocenters. The van der Waals surface area contributed by atoms with Crippen LogP contribution in [0.25, 0.3) is 10.9 Å². The quantitative estimate of drug-likeness (QED) is 0.406. The molecule has 1 spiro atoms. The van der Waals surface area contributed by atoms with E-state index in [1.165, 1.54) is 7.11 Å². The summed E-state index contributed by atoms with van der Waals surface area (Å²) in [5, 5.41) is 1.08. The highest BCUT2D eigenvalue weighted by molar-refractivity contribution is 9.10. The molecule has 0 saturated carbocycles. The van der Waals surface area contributed by atoms with Gasteiger partial charge < -0.3 is 19.4 Å². The van der Waals surface area contributed by atoms with E-state index in [0.717, 1.165) is 22.2 Å². The summed E-state index contributed by atoms with van der Waals surface area (Å²) in [5.74, 6) is -0.834. The normalized spacial score (nSPS) is 38.3. The van der Waals surface area contributed by atoms with Crippen LogP contribution < -0.4 is 0 Å². The van der Waals surface area contributed by atoms with E-state index in [4.69, 9.17) is 9.47 Å². The minimum Gasteiger partial charge on any atom is -0.467 e. The minimum atomic E-state index is -0.827. The Kier molecular flexibility index (Phi) is 3.13. The number of fused-ring (bicyclic) bond motifs is 6. The van der Waals surface area contributed by atoms with E-state index in [1.54, 1.807) is 4.90 Å². The van der Waals surface area contributed by atoms with Gasteiger partial charge in [-0.2, -0.15) is 0 Å². The zero-order chi connectivity index (χ0) is 20.3. The SMILES string of the molecule is COC(=O)C1Cc2c([nH]c3ccccc23)C2N1C(=O)C1C23C=CC(Br)(O3)C1(C)C. The Morgan fingerprint density at radius 3 is 2.83 bits per heavy atom. The van der Waals surface area contributed by atoms with Crippen molar-refractivity contribution in [2.75, 3.05) is 7.11 Å². The van der Waals surface area contributed by atoms with Crippen LogP contribution >= 0.6 is 15.9 Å². The second-order valence-electron chi connectivity index (χ2n) is 9.04. The summed E-state index contributed by atoms with van der Waals surface area (Å²) in [5.41, 5.74) is 1.73. The fourth-order valence-electron chi connectivity index (χ4n) is 6.12. The molecule has 29 heavy (non-hydrogen) atoms. The number of carbonyl (C=O) groups excluding carboxylic acids is 2. The molecule has 2 saturated heterocycles. The van der Waals surface area contributed by atoms with Gasteiger partial charge in [0.2, 0.25) is 5.91 Å². The number of ether oxygens (including phenoxy) is 2. The van der Waals surface area contributed by atoms with Crippen molar-refractivity contribution in [3.05, 3.63) is 47.7 Å². The van der Waals surface area contributed by atoms with Gasteiger partial charge in [0.15, 0.2) is 0 Å². The number of methoxy groups -OCH3 is 1. The summed E-state index contributed by atoms with van der Waals surface area (Å²) in [4.78, 5) is 31.8. The Hall–Kier alpha value is -2.12. The molecule has 2 aromatic rings.